The molecule has 1 aliphatic rings. The van der Waals surface area contributed by atoms with E-state index in [1.807, 2.05) is 0 Å². The van der Waals surface area contributed by atoms with E-state index in [4.69, 9.17) is 14.2 Å². The average molecular weight is 352 g/mol. The highest BCUT2D eigenvalue weighted by Gasteiger charge is 2.28. The fourth-order valence-corrected chi connectivity index (χ4v) is 2.22. The summed E-state index contributed by atoms with van der Waals surface area (Å²) in [6, 6.07) is 0. The van der Waals surface area contributed by atoms with Crippen molar-refractivity contribution in [2.75, 3.05) is 0 Å². The Hall–Kier alpha value is -2.41. The van der Waals surface area contributed by atoms with Crippen LogP contribution in [0.25, 0.3) is 0 Å². The molecule has 0 saturated carbocycles. The van der Waals surface area contributed by atoms with Gasteiger partial charge in [-0.05, 0) is 26.8 Å². The quantitative estimate of drug-likeness (QED) is 0.355. The van der Waals surface area contributed by atoms with Crippen molar-refractivity contribution in [2.45, 2.75) is 58.0 Å². The van der Waals surface area contributed by atoms with E-state index in [0.717, 1.165) is 0 Å². The van der Waals surface area contributed by atoms with Crippen LogP contribution in [-0.4, -0.2) is 47.4 Å². The molecule has 0 bridgehead atoms. The standard InChI is InChI=1S/C18H24O7/c1-4-6-16(20)24-13-8-9-14(19)15(25-17(21)7-5-2)11-18(22)23-12(3)10-13/h4-9,12-15,19H,10-11H2,1-3H3/b6-4?,7-5?,9-8+. The predicted octanol–water partition coefficient (Wildman–Crippen LogP) is 1.60. The van der Waals surface area contributed by atoms with E-state index in [9.17, 15) is 19.5 Å². The zero-order chi connectivity index (χ0) is 18.8. The molecule has 0 aromatic rings. The van der Waals surface area contributed by atoms with Crippen molar-refractivity contribution in [1.29, 1.82) is 0 Å². The van der Waals surface area contributed by atoms with Gasteiger partial charge in [0.2, 0.25) is 0 Å². The van der Waals surface area contributed by atoms with Gasteiger partial charge >= 0.3 is 17.9 Å². The van der Waals surface area contributed by atoms with Gasteiger partial charge in [-0.15, -0.1) is 0 Å². The monoisotopic (exact) mass is 352 g/mol. The molecule has 0 spiro atoms. The second-order valence-electron chi connectivity index (χ2n) is 5.57. The summed E-state index contributed by atoms with van der Waals surface area (Å²) >= 11 is 0. The number of hydrogen-bond donors (Lipinski definition) is 1. The van der Waals surface area contributed by atoms with Gasteiger partial charge in [0.15, 0.2) is 0 Å². The van der Waals surface area contributed by atoms with Crippen LogP contribution in [-0.2, 0) is 28.6 Å². The van der Waals surface area contributed by atoms with Crippen LogP contribution < -0.4 is 0 Å². The van der Waals surface area contributed by atoms with Crippen LogP contribution >= 0.6 is 0 Å². The summed E-state index contributed by atoms with van der Waals surface area (Å²) in [4.78, 5) is 35.1. The highest BCUT2D eigenvalue weighted by molar-refractivity contribution is 5.82. The van der Waals surface area contributed by atoms with E-state index in [1.165, 1.54) is 30.4 Å². The molecule has 0 fully saturated rings. The first-order valence-corrected chi connectivity index (χ1v) is 8.08. The molecule has 0 radical (unpaired) electrons. The van der Waals surface area contributed by atoms with Crippen molar-refractivity contribution >= 4 is 17.9 Å². The lowest BCUT2D eigenvalue weighted by Gasteiger charge is -2.24. The first-order valence-electron chi connectivity index (χ1n) is 8.08. The van der Waals surface area contributed by atoms with E-state index in [-0.39, 0.29) is 12.8 Å². The molecular weight excluding hydrogens is 328 g/mol. The zero-order valence-electron chi connectivity index (χ0n) is 14.6. The van der Waals surface area contributed by atoms with Crippen LogP contribution in [0.5, 0.6) is 0 Å². The van der Waals surface area contributed by atoms with Crippen LogP contribution in [0, 0.1) is 0 Å². The molecule has 138 valence electrons. The molecule has 1 N–H and O–H groups in total. The van der Waals surface area contributed by atoms with E-state index in [2.05, 4.69) is 0 Å². The third-order valence-electron chi connectivity index (χ3n) is 3.31. The van der Waals surface area contributed by atoms with E-state index < -0.39 is 42.3 Å². The number of aliphatic hydroxyl groups is 1. The number of carbonyl (C=O) groups is 3. The Balaban J connectivity index is 2.94. The summed E-state index contributed by atoms with van der Waals surface area (Å²) < 4.78 is 15.5. The van der Waals surface area contributed by atoms with Crippen molar-refractivity contribution in [3.63, 3.8) is 0 Å². The first-order chi connectivity index (χ1) is 11.8. The number of carbonyl (C=O) groups excluding carboxylic acids is 3. The van der Waals surface area contributed by atoms with Crippen molar-refractivity contribution < 1.29 is 33.7 Å². The van der Waals surface area contributed by atoms with Crippen molar-refractivity contribution in [3.05, 3.63) is 36.5 Å². The molecule has 25 heavy (non-hydrogen) atoms. The highest BCUT2D eigenvalue weighted by atomic mass is 16.6. The minimum Gasteiger partial charge on any atom is -0.462 e. The maximum absolute atomic E-state index is 12.0. The number of aliphatic hydroxyl groups excluding tert-OH is 1. The Bertz CT molecular complexity index is 562. The van der Waals surface area contributed by atoms with E-state index in [0.29, 0.717) is 0 Å². The molecule has 0 amide bonds. The van der Waals surface area contributed by atoms with Gasteiger partial charge in [0.25, 0.3) is 0 Å². The third-order valence-corrected chi connectivity index (χ3v) is 3.31. The van der Waals surface area contributed by atoms with Gasteiger partial charge in [-0.3, -0.25) is 4.79 Å². The maximum Gasteiger partial charge on any atom is 0.331 e. The summed E-state index contributed by atoms with van der Waals surface area (Å²) in [7, 11) is 0. The summed E-state index contributed by atoms with van der Waals surface area (Å²) in [5, 5.41) is 10.2. The Labute approximate surface area is 146 Å². The Morgan fingerprint density at radius 2 is 1.76 bits per heavy atom. The van der Waals surface area contributed by atoms with Crippen molar-refractivity contribution in [2.24, 2.45) is 0 Å². The number of allylic oxidation sites excluding steroid dienone is 2. The Kier molecular flexibility index (Phi) is 8.63. The van der Waals surface area contributed by atoms with Crippen LogP contribution in [0.4, 0.5) is 0 Å². The number of ether oxygens (including phenoxy) is 3. The molecule has 1 aliphatic heterocycles. The minimum absolute atomic E-state index is 0.251. The molecule has 4 atom stereocenters. The molecule has 0 aromatic heterocycles. The lowest BCUT2D eigenvalue weighted by molar-refractivity contribution is -0.160. The van der Waals surface area contributed by atoms with Gasteiger partial charge in [0.1, 0.15) is 24.4 Å². The summed E-state index contributed by atoms with van der Waals surface area (Å²) in [6.45, 7) is 4.99. The second kappa shape index (κ2) is 10.5. The van der Waals surface area contributed by atoms with Gasteiger partial charge in [-0.25, -0.2) is 9.59 Å². The molecule has 7 heteroatoms. The third kappa shape index (κ3) is 7.80. The molecule has 0 aliphatic carbocycles. The van der Waals surface area contributed by atoms with Gasteiger partial charge in [0, 0.05) is 18.6 Å². The molecule has 0 aromatic carbocycles. The molecule has 7 nitrogen and oxygen atoms in total. The summed E-state index contributed by atoms with van der Waals surface area (Å²) in [5.74, 6) is -1.83. The lowest BCUT2D eigenvalue weighted by Crippen LogP contribution is -2.35. The predicted molar refractivity (Wildman–Crippen MR) is 89.3 cm³/mol. The largest absolute Gasteiger partial charge is 0.462 e. The van der Waals surface area contributed by atoms with E-state index >= 15 is 0 Å². The Morgan fingerprint density at radius 3 is 2.36 bits per heavy atom. The minimum atomic E-state index is -1.24. The number of rotatable bonds is 4. The van der Waals surface area contributed by atoms with Crippen LogP contribution in [0.3, 0.4) is 0 Å². The normalized spacial score (nSPS) is 29.2. The van der Waals surface area contributed by atoms with Crippen LogP contribution in [0.1, 0.15) is 33.6 Å². The van der Waals surface area contributed by atoms with Gasteiger partial charge in [0.05, 0.1) is 6.42 Å². The van der Waals surface area contributed by atoms with E-state index in [1.54, 1.807) is 26.8 Å². The molecule has 1 rings (SSSR count). The number of esters is 3. The average Bonchev–Trinajstić information content (AvgIpc) is 2.51. The summed E-state index contributed by atoms with van der Waals surface area (Å²) in [6.07, 6.45) is 4.78. The van der Waals surface area contributed by atoms with Crippen LogP contribution in [0.15, 0.2) is 36.5 Å². The van der Waals surface area contributed by atoms with Crippen molar-refractivity contribution in [3.8, 4) is 0 Å². The fourth-order valence-electron chi connectivity index (χ4n) is 2.22. The van der Waals surface area contributed by atoms with Gasteiger partial charge < -0.3 is 19.3 Å². The summed E-state index contributed by atoms with van der Waals surface area (Å²) in [5.41, 5.74) is 0. The molecule has 4 unspecified atom stereocenters. The maximum atomic E-state index is 12.0. The first kappa shape index (κ1) is 20.6. The Morgan fingerprint density at radius 1 is 1.16 bits per heavy atom. The SMILES string of the molecule is CC=CC(=O)OC1/C=C/C(O)C(OC(=O)C=CC)CC(=O)OC(C)C1. The molecule has 1 heterocycles. The lowest BCUT2D eigenvalue weighted by atomic mass is 10.1. The van der Waals surface area contributed by atoms with Crippen molar-refractivity contribution in [1.82, 2.24) is 0 Å². The number of cyclic esters (lactones) is 1. The van der Waals surface area contributed by atoms with Crippen LogP contribution in [0.2, 0.25) is 0 Å². The topological polar surface area (TPSA) is 99.1 Å². The second-order valence-corrected chi connectivity index (χ2v) is 5.57. The zero-order valence-corrected chi connectivity index (χ0v) is 14.6. The van der Waals surface area contributed by atoms with Gasteiger partial charge in [-0.1, -0.05) is 18.2 Å². The fraction of sp³-hybridized carbons (Fsp3) is 0.500. The highest BCUT2D eigenvalue weighted by Crippen LogP contribution is 2.16. The molecular formula is C18H24O7. The number of hydrogen-bond acceptors (Lipinski definition) is 7. The molecule has 0 saturated heterocycles. The smallest absolute Gasteiger partial charge is 0.331 e. The van der Waals surface area contributed by atoms with Gasteiger partial charge in [-0.2, -0.15) is 0 Å².